The smallest absolute Gasteiger partial charge is 0.338 e. The highest BCUT2D eigenvalue weighted by Gasteiger charge is 2.33. The number of esters is 1. The molecule has 2 atom stereocenters. The number of aryl methyl sites for hydroxylation is 1. The fourth-order valence-corrected chi connectivity index (χ4v) is 6.02. The van der Waals surface area contributed by atoms with Gasteiger partial charge in [0.15, 0.2) is 0 Å². The maximum atomic E-state index is 12.7. The van der Waals surface area contributed by atoms with Crippen LogP contribution >= 0.6 is 21.6 Å². The molecule has 1 aliphatic rings. The first-order valence-corrected chi connectivity index (χ1v) is 11.6. The number of carbonyl (C=O) groups excluding carboxylic acids is 1. The summed E-state index contributed by atoms with van der Waals surface area (Å²) in [4.78, 5) is 27.4. The van der Waals surface area contributed by atoms with Crippen LogP contribution in [0, 0.1) is 10.1 Å². The number of benzene rings is 2. The summed E-state index contributed by atoms with van der Waals surface area (Å²) in [7, 11) is 3.19. The molecular weight excluding hydrogens is 420 g/mol. The van der Waals surface area contributed by atoms with Gasteiger partial charge in [0.05, 0.1) is 15.7 Å². The predicted molar refractivity (Wildman–Crippen MR) is 117 cm³/mol. The van der Waals surface area contributed by atoms with Crippen molar-refractivity contribution in [3.05, 3.63) is 99.7 Å². The van der Waals surface area contributed by atoms with E-state index in [4.69, 9.17) is 4.74 Å². The summed E-state index contributed by atoms with van der Waals surface area (Å²) in [5.74, 6) is -0.470. The van der Waals surface area contributed by atoms with Crippen LogP contribution in [0.5, 0.6) is 0 Å². The SMILES string of the molecule is O=C(O[C@@H]1CCc2ccccc2[C@H]1SSc1ccccn1)c1ccc([N+](=O)[O-])cc1. The molecule has 1 aromatic heterocycles. The Morgan fingerprint density at radius 2 is 1.83 bits per heavy atom. The Bertz CT molecular complexity index is 1040. The number of nitrogens with zero attached hydrogens (tertiary/aromatic N) is 2. The van der Waals surface area contributed by atoms with Crippen molar-refractivity contribution in [3.63, 3.8) is 0 Å². The van der Waals surface area contributed by atoms with Crippen LogP contribution in [-0.2, 0) is 11.2 Å². The Labute approximate surface area is 181 Å². The lowest BCUT2D eigenvalue weighted by molar-refractivity contribution is -0.384. The van der Waals surface area contributed by atoms with Crippen molar-refractivity contribution < 1.29 is 14.5 Å². The minimum absolute atomic E-state index is 0.0380. The zero-order chi connectivity index (χ0) is 20.9. The van der Waals surface area contributed by atoms with Gasteiger partial charge in [-0.15, -0.1) is 0 Å². The van der Waals surface area contributed by atoms with Gasteiger partial charge in [-0.3, -0.25) is 10.1 Å². The number of hydrogen-bond acceptors (Lipinski definition) is 7. The topological polar surface area (TPSA) is 82.3 Å². The van der Waals surface area contributed by atoms with E-state index in [-0.39, 0.29) is 17.0 Å². The van der Waals surface area contributed by atoms with E-state index in [2.05, 4.69) is 17.1 Å². The number of fused-ring (bicyclic) bond motifs is 1. The lowest BCUT2D eigenvalue weighted by Crippen LogP contribution is -2.28. The highest BCUT2D eigenvalue weighted by atomic mass is 33.1. The molecule has 0 bridgehead atoms. The number of rotatable bonds is 6. The normalized spacial score (nSPS) is 17.7. The molecule has 0 radical (unpaired) electrons. The number of nitro benzene ring substituents is 1. The molecule has 0 N–H and O–H groups in total. The van der Waals surface area contributed by atoms with Crippen LogP contribution in [0.3, 0.4) is 0 Å². The van der Waals surface area contributed by atoms with Crippen LogP contribution in [-0.4, -0.2) is 22.0 Å². The maximum absolute atomic E-state index is 12.7. The number of nitro groups is 1. The third kappa shape index (κ3) is 4.66. The molecule has 0 spiro atoms. The minimum Gasteiger partial charge on any atom is -0.457 e. The Morgan fingerprint density at radius 3 is 2.57 bits per heavy atom. The second-order valence-electron chi connectivity index (χ2n) is 6.75. The molecule has 0 aliphatic heterocycles. The van der Waals surface area contributed by atoms with Crippen molar-refractivity contribution in [2.75, 3.05) is 0 Å². The molecule has 6 nitrogen and oxygen atoms in total. The molecule has 8 heteroatoms. The van der Waals surface area contributed by atoms with Gasteiger partial charge >= 0.3 is 5.97 Å². The van der Waals surface area contributed by atoms with Crippen molar-refractivity contribution in [1.82, 2.24) is 4.98 Å². The van der Waals surface area contributed by atoms with Crippen molar-refractivity contribution in [2.24, 2.45) is 0 Å². The quantitative estimate of drug-likeness (QED) is 0.213. The molecular formula is C22H18N2O4S2. The van der Waals surface area contributed by atoms with Crippen molar-refractivity contribution in [2.45, 2.75) is 29.2 Å². The van der Waals surface area contributed by atoms with Gasteiger partial charge in [0.25, 0.3) is 5.69 Å². The lowest BCUT2D eigenvalue weighted by atomic mass is 9.89. The Morgan fingerprint density at radius 1 is 1.07 bits per heavy atom. The fourth-order valence-electron chi connectivity index (χ4n) is 3.35. The van der Waals surface area contributed by atoms with Crippen LogP contribution in [0.2, 0.25) is 0 Å². The van der Waals surface area contributed by atoms with Crippen LogP contribution in [0.1, 0.15) is 33.2 Å². The van der Waals surface area contributed by atoms with E-state index in [1.165, 1.54) is 35.4 Å². The third-order valence-electron chi connectivity index (χ3n) is 4.84. The number of hydrogen-bond donors (Lipinski definition) is 0. The molecule has 30 heavy (non-hydrogen) atoms. The van der Waals surface area contributed by atoms with E-state index in [0.717, 1.165) is 17.9 Å². The second-order valence-corrected chi connectivity index (χ2v) is 9.12. The Hall–Kier alpha value is -2.84. The standard InChI is InChI=1S/C22H18N2O4S2/c25-22(16-8-11-17(12-9-16)24(26)27)28-19-13-10-15-5-1-2-6-18(15)21(19)30-29-20-7-3-4-14-23-20/h1-9,11-12,14,19,21H,10,13H2/t19-,21-/m1/s1. The van der Waals surface area contributed by atoms with Crippen molar-refractivity contribution in [1.29, 1.82) is 0 Å². The van der Waals surface area contributed by atoms with Gasteiger partial charge in [-0.05, 0) is 59.0 Å². The number of non-ortho nitro benzene ring substituents is 1. The molecule has 2 aromatic carbocycles. The zero-order valence-corrected chi connectivity index (χ0v) is 17.5. The Balaban J connectivity index is 1.52. The first kappa shape index (κ1) is 20.4. The molecule has 3 aromatic rings. The second kappa shape index (κ2) is 9.32. The van der Waals surface area contributed by atoms with E-state index < -0.39 is 10.9 Å². The number of carbonyl (C=O) groups is 1. The number of pyridine rings is 1. The van der Waals surface area contributed by atoms with Crippen LogP contribution < -0.4 is 0 Å². The molecule has 0 amide bonds. The molecule has 152 valence electrons. The monoisotopic (exact) mass is 438 g/mol. The van der Waals surface area contributed by atoms with Crippen molar-refractivity contribution >= 4 is 33.2 Å². The van der Waals surface area contributed by atoms with Gasteiger partial charge in [0.2, 0.25) is 0 Å². The maximum Gasteiger partial charge on any atom is 0.338 e. The van der Waals surface area contributed by atoms with Gasteiger partial charge in [-0.25, -0.2) is 9.78 Å². The fraction of sp³-hybridized carbons (Fsp3) is 0.182. The molecule has 0 fully saturated rings. The summed E-state index contributed by atoms with van der Waals surface area (Å²) in [6.07, 6.45) is 3.00. The summed E-state index contributed by atoms with van der Waals surface area (Å²) >= 11 is 0. The summed E-state index contributed by atoms with van der Waals surface area (Å²) in [5.41, 5.74) is 2.68. The molecule has 1 aliphatic carbocycles. The van der Waals surface area contributed by atoms with E-state index in [9.17, 15) is 14.9 Å². The van der Waals surface area contributed by atoms with E-state index in [1.54, 1.807) is 27.8 Å². The van der Waals surface area contributed by atoms with E-state index >= 15 is 0 Å². The lowest BCUT2D eigenvalue weighted by Gasteiger charge is -2.32. The molecule has 4 rings (SSSR count). The van der Waals surface area contributed by atoms with Crippen molar-refractivity contribution in [3.8, 4) is 0 Å². The Kier molecular flexibility index (Phi) is 6.35. The van der Waals surface area contributed by atoms with Gasteiger partial charge < -0.3 is 4.74 Å². The molecule has 1 heterocycles. The molecule has 0 saturated carbocycles. The first-order valence-electron chi connectivity index (χ1n) is 9.39. The average Bonchev–Trinajstić information content (AvgIpc) is 2.79. The summed E-state index contributed by atoms with van der Waals surface area (Å²) in [6.45, 7) is 0. The van der Waals surface area contributed by atoms with E-state index in [0.29, 0.717) is 5.56 Å². The molecule has 0 saturated heterocycles. The zero-order valence-electron chi connectivity index (χ0n) is 15.8. The van der Waals surface area contributed by atoms with E-state index in [1.807, 2.05) is 30.3 Å². The minimum atomic E-state index is -0.491. The highest BCUT2D eigenvalue weighted by Crippen LogP contribution is 2.48. The molecule has 0 unspecified atom stereocenters. The highest BCUT2D eigenvalue weighted by molar-refractivity contribution is 8.76. The predicted octanol–water partition coefficient (Wildman–Crippen LogP) is 5.64. The third-order valence-corrected chi connectivity index (χ3v) is 7.54. The largest absolute Gasteiger partial charge is 0.457 e. The first-order chi connectivity index (χ1) is 14.6. The summed E-state index contributed by atoms with van der Waals surface area (Å²) in [5, 5.41) is 11.7. The summed E-state index contributed by atoms with van der Waals surface area (Å²) < 4.78 is 5.87. The van der Waals surface area contributed by atoms with Crippen LogP contribution in [0.4, 0.5) is 5.69 Å². The van der Waals surface area contributed by atoms with Gasteiger partial charge in [-0.2, -0.15) is 0 Å². The van der Waals surface area contributed by atoms with Gasteiger partial charge in [0, 0.05) is 18.3 Å². The average molecular weight is 439 g/mol. The number of ether oxygens (including phenoxy) is 1. The van der Waals surface area contributed by atoms with Crippen LogP contribution in [0.25, 0.3) is 0 Å². The van der Waals surface area contributed by atoms with Gasteiger partial charge in [0.1, 0.15) is 11.1 Å². The number of aromatic nitrogens is 1. The summed E-state index contributed by atoms with van der Waals surface area (Å²) in [6, 6.07) is 19.5. The van der Waals surface area contributed by atoms with Gasteiger partial charge in [-0.1, -0.05) is 41.1 Å². The van der Waals surface area contributed by atoms with Crippen LogP contribution in [0.15, 0.2) is 78.0 Å².